The molecule has 0 bridgehead atoms. The molecule has 0 heterocycles. The molecule has 0 aliphatic carbocycles. The fourth-order valence-electron chi connectivity index (χ4n) is 1.77. The van der Waals surface area contributed by atoms with E-state index in [9.17, 15) is 23.3 Å². The maximum Gasteiger partial charge on any atom is 0.335 e. The van der Waals surface area contributed by atoms with E-state index in [1.54, 1.807) is 0 Å². The first-order valence-corrected chi connectivity index (χ1v) is 7.87. The van der Waals surface area contributed by atoms with Crippen LogP contribution in [-0.4, -0.2) is 24.4 Å². The normalized spacial score (nSPS) is 11.0. The number of nitrogens with one attached hydrogen (secondary N) is 1. The van der Waals surface area contributed by atoms with Crippen molar-refractivity contribution in [2.45, 2.75) is 4.90 Å². The molecule has 0 saturated heterocycles. The first-order valence-electron chi connectivity index (χ1n) is 6.01. The van der Waals surface area contributed by atoms with Gasteiger partial charge in [-0.25, -0.2) is 13.2 Å². The summed E-state index contributed by atoms with van der Waals surface area (Å²) in [6.07, 6.45) is 0. The number of carboxylic acids is 1. The second-order valence-electron chi connectivity index (χ2n) is 4.33. The number of nitro groups is 1. The summed E-state index contributed by atoms with van der Waals surface area (Å²) in [5, 5.41) is 19.8. The Labute approximate surface area is 135 Å². The molecule has 8 nitrogen and oxygen atoms in total. The second kappa shape index (κ2) is 6.23. The molecule has 0 saturated carbocycles. The summed E-state index contributed by atoms with van der Waals surface area (Å²) in [4.78, 5) is 20.5. The van der Waals surface area contributed by atoms with Gasteiger partial charge in [0.1, 0.15) is 0 Å². The lowest BCUT2D eigenvalue weighted by Gasteiger charge is -2.10. The second-order valence-corrected chi connectivity index (χ2v) is 6.39. The van der Waals surface area contributed by atoms with E-state index in [4.69, 9.17) is 16.7 Å². The van der Waals surface area contributed by atoms with Crippen molar-refractivity contribution in [3.63, 3.8) is 0 Å². The highest BCUT2D eigenvalue weighted by Crippen LogP contribution is 2.29. The summed E-state index contributed by atoms with van der Waals surface area (Å²) < 4.78 is 26.7. The van der Waals surface area contributed by atoms with Crippen LogP contribution in [0.4, 0.5) is 11.4 Å². The van der Waals surface area contributed by atoms with E-state index in [1.807, 2.05) is 0 Å². The molecule has 0 aliphatic heterocycles. The van der Waals surface area contributed by atoms with Crippen molar-refractivity contribution < 1.29 is 23.2 Å². The molecule has 0 amide bonds. The lowest BCUT2D eigenvalue weighted by molar-refractivity contribution is -0.387. The highest BCUT2D eigenvalue weighted by atomic mass is 35.5. The third-order valence-electron chi connectivity index (χ3n) is 2.81. The average molecular weight is 357 g/mol. The van der Waals surface area contributed by atoms with Crippen LogP contribution in [-0.2, 0) is 10.0 Å². The van der Waals surface area contributed by atoms with Crippen molar-refractivity contribution in [2.24, 2.45) is 0 Å². The minimum atomic E-state index is -4.32. The largest absolute Gasteiger partial charge is 0.478 e. The summed E-state index contributed by atoms with van der Waals surface area (Å²) in [7, 11) is -4.32. The monoisotopic (exact) mass is 356 g/mol. The van der Waals surface area contributed by atoms with Crippen molar-refractivity contribution in [1.82, 2.24) is 0 Å². The van der Waals surface area contributed by atoms with Gasteiger partial charge in [-0.2, -0.15) is 0 Å². The highest BCUT2D eigenvalue weighted by Gasteiger charge is 2.26. The van der Waals surface area contributed by atoms with Crippen LogP contribution in [0.25, 0.3) is 0 Å². The number of para-hydroxylation sites is 1. The van der Waals surface area contributed by atoms with Crippen LogP contribution in [0.1, 0.15) is 10.4 Å². The highest BCUT2D eigenvalue weighted by molar-refractivity contribution is 7.92. The third-order valence-corrected chi connectivity index (χ3v) is 4.55. The molecule has 2 N–H and O–H groups in total. The predicted molar refractivity (Wildman–Crippen MR) is 82.3 cm³/mol. The molecule has 0 aliphatic rings. The zero-order valence-corrected chi connectivity index (χ0v) is 12.8. The van der Waals surface area contributed by atoms with Gasteiger partial charge in [0.25, 0.3) is 15.7 Å². The third kappa shape index (κ3) is 3.58. The molecule has 0 unspecified atom stereocenters. The number of hydrogen-bond donors (Lipinski definition) is 2. The minimum Gasteiger partial charge on any atom is -0.478 e. The van der Waals surface area contributed by atoms with Crippen LogP contribution in [0.5, 0.6) is 0 Å². The Morgan fingerprint density at radius 3 is 2.48 bits per heavy atom. The molecule has 0 radical (unpaired) electrons. The SMILES string of the molecule is O=C(O)c1ccc(Cl)c(NS(=O)(=O)c2ccccc2[N+](=O)[O-])c1. The van der Waals surface area contributed by atoms with Gasteiger partial charge in [-0.05, 0) is 24.3 Å². The van der Waals surface area contributed by atoms with Gasteiger partial charge >= 0.3 is 5.97 Å². The average Bonchev–Trinajstić information content (AvgIpc) is 2.49. The van der Waals surface area contributed by atoms with Crippen molar-refractivity contribution in [3.05, 3.63) is 63.2 Å². The number of sulfonamides is 1. The van der Waals surface area contributed by atoms with Crippen LogP contribution >= 0.6 is 11.6 Å². The summed E-state index contributed by atoms with van der Waals surface area (Å²) in [6.45, 7) is 0. The van der Waals surface area contributed by atoms with Crippen molar-refractivity contribution in [2.75, 3.05) is 4.72 Å². The molecule has 10 heteroatoms. The molecule has 0 atom stereocenters. The number of aromatic carboxylic acids is 1. The number of hydrogen-bond acceptors (Lipinski definition) is 5. The summed E-state index contributed by atoms with van der Waals surface area (Å²) in [5.74, 6) is -1.27. The van der Waals surface area contributed by atoms with Gasteiger partial charge in [0.2, 0.25) is 0 Å². The van der Waals surface area contributed by atoms with E-state index >= 15 is 0 Å². The molecular formula is C13H9ClN2O6S. The summed E-state index contributed by atoms with van der Waals surface area (Å²) >= 11 is 5.84. The smallest absolute Gasteiger partial charge is 0.335 e. The Hall–Kier alpha value is -2.65. The van der Waals surface area contributed by atoms with Crippen LogP contribution in [0.15, 0.2) is 47.4 Å². The molecular weight excluding hydrogens is 348 g/mol. The molecule has 23 heavy (non-hydrogen) atoms. The van der Waals surface area contributed by atoms with Crippen molar-refractivity contribution >= 4 is 39.0 Å². The van der Waals surface area contributed by atoms with E-state index in [0.29, 0.717) is 0 Å². The topological polar surface area (TPSA) is 127 Å². The number of halogens is 1. The van der Waals surface area contributed by atoms with E-state index in [0.717, 1.165) is 18.2 Å². The Balaban J connectivity index is 2.50. The van der Waals surface area contributed by atoms with E-state index in [-0.39, 0.29) is 16.3 Å². The number of carbonyl (C=O) groups is 1. The maximum absolute atomic E-state index is 12.3. The summed E-state index contributed by atoms with van der Waals surface area (Å²) in [5.41, 5.74) is -0.982. The maximum atomic E-state index is 12.3. The predicted octanol–water partition coefficient (Wildman–Crippen LogP) is 2.75. The number of carboxylic acid groups (broad SMARTS) is 1. The quantitative estimate of drug-likeness (QED) is 0.626. The van der Waals surface area contributed by atoms with Gasteiger partial charge in [-0.15, -0.1) is 0 Å². The van der Waals surface area contributed by atoms with E-state index in [2.05, 4.69) is 4.72 Å². The van der Waals surface area contributed by atoms with Gasteiger partial charge in [0.05, 0.1) is 21.2 Å². The van der Waals surface area contributed by atoms with Crippen LogP contribution in [0.3, 0.4) is 0 Å². The van der Waals surface area contributed by atoms with E-state index < -0.39 is 31.5 Å². The van der Waals surface area contributed by atoms with Gasteiger partial charge < -0.3 is 5.11 Å². The number of benzene rings is 2. The first kappa shape index (κ1) is 16.7. The Kier molecular flexibility index (Phi) is 4.52. The molecule has 2 rings (SSSR count). The number of rotatable bonds is 5. The molecule has 2 aromatic rings. The number of anilines is 1. The first-order chi connectivity index (χ1) is 10.7. The van der Waals surface area contributed by atoms with Crippen molar-refractivity contribution in [1.29, 1.82) is 0 Å². The molecule has 0 aromatic heterocycles. The van der Waals surface area contributed by atoms with Crippen molar-refractivity contribution in [3.8, 4) is 0 Å². The zero-order chi connectivity index (χ0) is 17.2. The number of nitro benzene ring substituents is 1. The van der Waals surface area contributed by atoms with Gasteiger partial charge in [-0.1, -0.05) is 23.7 Å². The molecule has 0 fully saturated rings. The Bertz CT molecular complexity index is 897. The van der Waals surface area contributed by atoms with Gasteiger partial charge in [-0.3, -0.25) is 14.8 Å². The number of nitrogens with zero attached hydrogens (tertiary/aromatic N) is 1. The lowest BCUT2D eigenvalue weighted by Crippen LogP contribution is -2.15. The van der Waals surface area contributed by atoms with Gasteiger partial charge in [0.15, 0.2) is 4.90 Å². The standard InChI is InChI=1S/C13H9ClN2O6S/c14-9-6-5-8(13(17)18)7-10(9)15-23(21,22)12-4-2-1-3-11(12)16(19)20/h1-7,15H,(H,17,18). The Morgan fingerprint density at radius 2 is 1.87 bits per heavy atom. The fraction of sp³-hybridized carbons (Fsp3) is 0. The molecule has 120 valence electrons. The molecule has 2 aromatic carbocycles. The van der Waals surface area contributed by atoms with Gasteiger partial charge in [0, 0.05) is 6.07 Å². The van der Waals surface area contributed by atoms with Crippen LogP contribution in [0.2, 0.25) is 5.02 Å². The zero-order valence-electron chi connectivity index (χ0n) is 11.3. The lowest BCUT2D eigenvalue weighted by atomic mass is 10.2. The van der Waals surface area contributed by atoms with Crippen LogP contribution in [0, 0.1) is 10.1 Å². The van der Waals surface area contributed by atoms with Crippen LogP contribution < -0.4 is 4.72 Å². The fourth-order valence-corrected chi connectivity index (χ4v) is 3.24. The Morgan fingerprint density at radius 1 is 1.22 bits per heavy atom. The van der Waals surface area contributed by atoms with E-state index in [1.165, 1.54) is 24.3 Å². The molecule has 0 spiro atoms. The summed E-state index contributed by atoms with van der Waals surface area (Å²) in [6, 6.07) is 8.21. The minimum absolute atomic E-state index is 0.0443.